The van der Waals surface area contributed by atoms with Crippen molar-refractivity contribution < 1.29 is 13.2 Å². The molecule has 2 rings (SSSR count). The van der Waals surface area contributed by atoms with E-state index >= 15 is 0 Å². The van der Waals surface area contributed by atoms with Gasteiger partial charge in [-0.25, -0.2) is 8.42 Å². The predicted molar refractivity (Wildman–Crippen MR) is 115 cm³/mol. The lowest BCUT2D eigenvalue weighted by Crippen LogP contribution is -2.30. The third-order valence-corrected chi connectivity index (χ3v) is 6.76. The fourth-order valence-corrected chi connectivity index (χ4v) is 4.71. The summed E-state index contributed by atoms with van der Waals surface area (Å²) in [7, 11) is -3.73. The number of benzene rings is 2. The Bertz CT molecular complexity index is 916. The van der Waals surface area contributed by atoms with Crippen LogP contribution in [0.4, 0.5) is 5.69 Å². The second-order valence-corrected chi connectivity index (χ2v) is 8.90. The number of nitrogens with one attached hydrogen (secondary N) is 1. The summed E-state index contributed by atoms with van der Waals surface area (Å²) in [6.07, 6.45) is 4.43. The summed E-state index contributed by atoms with van der Waals surface area (Å²) in [6, 6.07) is 15.6. The number of anilines is 1. The van der Waals surface area contributed by atoms with Gasteiger partial charge in [0, 0.05) is 11.3 Å². The number of carbonyl (C=O) groups excluding carboxylic acids is 1. The molecule has 0 radical (unpaired) electrons. The number of unbranched alkanes of at least 4 members (excludes halogenated alkanes) is 2. The summed E-state index contributed by atoms with van der Waals surface area (Å²) >= 11 is 0. The van der Waals surface area contributed by atoms with Crippen LogP contribution in [0.2, 0.25) is 0 Å². The zero-order valence-electron chi connectivity index (χ0n) is 16.2. The van der Waals surface area contributed by atoms with Crippen molar-refractivity contribution >= 4 is 21.4 Å². The maximum absolute atomic E-state index is 13.2. The number of aryl methyl sites for hydroxylation is 1. The average Bonchev–Trinajstić information content (AvgIpc) is 2.68. The van der Waals surface area contributed by atoms with Gasteiger partial charge in [-0.15, -0.1) is 6.58 Å². The zero-order chi connectivity index (χ0) is 20.6. The lowest BCUT2D eigenvalue weighted by molar-refractivity contribution is -0.112. The largest absolute Gasteiger partial charge is 0.322 e. The number of sulfone groups is 1. The molecular weight excluding hydrogens is 370 g/mol. The first kappa shape index (κ1) is 21.6. The summed E-state index contributed by atoms with van der Waals surface area (Å²) < 4.78 is 26.5. The second-order valence-electron chi connectivity index (χ2n) is 6.77. The molecule has 0 aliphatic carbocycles. The van der Waals surface area contributed by atoms with E-state index in [-0.39, 0.29) is 10.5 Å². The van der Waals surface area contributed by atoms with Crippen molar-refractivity contribution in [3.8, 4) is 0 Å². The molecule has 0 aromatic heterocycles. The van der Waals surface area contributed by atoms with Gasteiger partial charge in [-0.3, -0.25) is 4.79 Å². The van der Waals surface area contributed by atoms with Crippen molar-refractivity contribution in [3.63, 3.8) is 0 Å². The van der Waals surface area contributed by atoms with Crippen molar-refractivity contribution in [2.45, 2.75) is 42.8 Å². The van der Waals surface area contributed by atoms with Crippen molar-refractivity contribution in [2.75, 3.05) is 5.32 Å². The van der Waals surface area contributed by atoms with E-state index in [9.17, 15) is 13.2 Å². The van der Waals surface area contributed by atoms with E-state index in [2.05, 4.69) is 18.5 Å². The summed E-state index contributed by atoms with van der Waals surface area (Å²) in [4.78, 5) is 12.9. The number of para-hydroxylation sites is 1. The molecule has 0 fully saturated rings. The lowest BCUT2D eigenvalue weighted by atomic mass is 10.1. The molecule has 1 amide bonds. The van der Waals surface area contributed by atoms with E-state index in [0.717, 1.165) is 18.4 Å². The Labute approximate surface area is 167 Å². The van der Waals surface area contributed by atoms with Crippen LogP contribution in [0, 0.1) is 6.92 Å². The minimum absolute atomic E-state index is 0.0584. The fourth-order valence-electron chi connectivity index (χ4n) is 2.91. The Balaban J connectivity index is 2.26. The van der Waals surface area contributed by atoms with Crippen LogP contribution in [0.5, 0.6) is 0 Å². The van der Waals surface area contributed by atoms with Crippen LogP contribution in [-0.4, -0.2) is 19.6 Å². The van der Waals surface area contributed by atoms with Gasteiger partial charge in [0.2, 0.25) is 0 Å². The van der Waals surface area contributed by atoms with E-state index in [0.29, 0.717) is 18.5 Å². The first-order chi connectivity index (χ1) is 13.4. The van der Waals surface area contributed by atoms with Gasteiger partial charge in [0.05, 0.1) is 10.1 Å². The maximum atomic E-state index is 13.2. The summed E-state index contributed by atoms with van der Waals surface area (Å²) in [6.45, 7) is 9.44. The normalized spacial score (nSPS) is 12.2. The fraction of sp³-hybridized carbons (Fsp3) is 0.261. The Morgan fingerprint density at radius 1 is 1.07 bits per heavy atom. The predicted octanol–water partition coefficient (Wildman–Crippen LogP) is 5.08. The third-order valence-electron chi connectivity index (χ3n) is 4.56. The van der Waals surface area contributed by atoms with E-state index in [1.54, 1.807) is 54.6 Å². The number of rotatable bonds is 10. The molecule has 0 saturated heterocycles. The first-order valence-corrected chi connectivity index (χ1v) is 10.9. The van der Waals surface area contributed by atoms with E-state index in [1.165, 1.54) is 0 Å². The molecule has 0 spiro atoms. The van der Waals surface area contributed by atoms with Crippen molar-refractivity contribution in [1.82, 2.24) is 0 Å². The summed E-state index contributed by atoms with van der Waals surface area (Å²) in [5.41, 5.74) is 1.64. The number of allylic oxidation sites excluding steroid dienone is 1. The molecule has 0 saturated carbocycles. The average molecular weight is 398 g/mol. The molecule has 28 heavy (non-hydrogen) atoms. The third kappa shape index (κ3) is 5.67. The van der Waals surface area contributed by atoms with Crippen LogP contribution in [0.25, 0.3) is 0 Å². The number of amides is 1. The van der Waals surface area contributed by atoms with Crippen molar-refractivity contribution in [2.24, 2.45) is 0 Å². The monoisotopic (exact) mass is 397 g/mol. The molecule has 148 valence electrons. The molecule has 0 bridgehead atoms. The minimum atomic E-state index is -3.73. The van der Waals surface area contributed by atoms with Crippen LogP contribution in [0.1, 0.15) is 31.2 Å². The molecule has 1 unspecified atom stereocenters. The van der Waals surface area contributed by atoms with Crippen molar-refractivity contribution in [1.29, 1.82) is 0 Å². The highest BCUT2D eigenvalue weighted by molar-refractivity contribution is 7.92. The van der Waals surface area contributed by atoms with Crippen molar-refractivity contribution in [3.05, 3.63) is 85.0 Å². The number of hydrogen-bond donors (Lipinski definition) is 1. The molecule has 0 aliphatic heterocycles. The zero-order valence-corrected chi connectivity index (χ0v) is 17.0. The highest BCUT2D eigenvalue weighted by Gasteiger charge is 2.32. The Morgan fingerprint density at radius 3 is 2.32 bits per heavy atom. The van der Waals surface area contributed by atoms with E-state index < -0.39 is 21.0 Å². The maximum Gasteiger partial charge on any atom is 0.252 e. The Kier molecular flexibility index (Phi) is 7.76. The van der Waals surface area contributed by atoms with Crippen LogP contribution >= 0.6 is 0 Å². The highest BCUT2D eigenvalue weighted by atomic mass is 32.2. The van der Waals surface area contributed by atoms with Crippen LogP contribution in [0.15, 0.2) is 84.3 Å². The van der Waals surface area contributed by atoms with Gasteiger partial charge in [-0.2, -0.15) is 0 Å². The number of hydrogen-bond acceptors (Lipinski definition) is 3. The van der Waals surface area contributed by atoms with Gasteiger partial charge in [0.25, 0.3) is 5.91 Å². The van der Waals surface area contributed by atoms with E-state index in [1.807, 2.05) is 13.0 Å². The van der Waals surface area contributed by atoms with Crippen LogP contribution in [0.3, 0.4) is 0 Å². The lowest BCUT2D eigenvalue weighted by Gasteiger charge is -2.20. The van der Waals surface area contributed by atoms with Crippen LogP contribution in [-0.2, 0) is 14.6 Å². The van der Waals surface area contributed by atoms with Crippen LogP contribution < -0.4 is 5.32 Å². The van der Waals surface area contributed by atoms with Gasteiger partial charge in [-0.1, -0.05) is 55.0 Å². The number of carbonyl (C=O) groups is 1. The molecule has 1 N–H and O–H groups in total. The van der Waals surface area contributed by atoms with Gasteiger partial charge >= 0.3 is 0 Å². The molecule has 2 aromatic carbocycles. The van der Waals surface area contributed by atoms with Gasteiger partial charge in [0.1, 0.15) is 0 Å². The molecular formula is C23H27NO3S. The molecule has 2 aromatic rings. The van der Waals surface area contributed by atoms with Gasteiger partial charge < -0.3 is 5.32 Å². The molecule has 0 aliphatic rings. The highest BCUT2D eigenvalue weighted by Crippen LogP contribution is 2.26. The Morgan fingerprint density at radius 2 is 1.71 bits per heavy atom. The van der Waals surface area contributed by atoms with Gasteiger partial charge in [-0.05, 0) is 50.5 Å². The molecule has 4 nitrogen and oxygen atoms in total. The standard InChI is InChI=1S/C23H27NO3S/c1-4-5-6-10-13-22(28(26,27)21-16-14-18(2)15-17-21)19(3)23(25)24-20-11-8-7-9-12-20/h4,7-9,11-12,14-17,22H,1,3,5-6,10,13H2,2H3,(H,24,25). The topological polar surface area (TPSA) is 63.2 Å². The smallest absolute Gasteiger partial charge is 0.252 e. The van der Waals surface area contributed by atoms with Gasteiger partial charge in [0.15, 0.2) is 9.84 Å². The summed E-state index contributed by atoms with van der Waals surface area (Å²) in [5, 5.41) is 1.77. The molecule has 0 heterocycles. The second kappa shape index (κ2) is 10.0. The quantitative estimate of drug-likeness (QED) is 0.345. The molecule has 1 atom stereocenters. The first-order valence-electron chi connectivity index (χ1n) is 9.33. The molecule has 5 heteroatoms. The minimum Gasteiger partial charge on any atom is -0.322 e. The van der Waals surface area contributed by atoms with E-state index in [4.69, 9.17) is 0 Å². The Hall–Kier alpha value is -2.66. The SMILES string of the molecule is C=CCCCCC(C(=C)C(=O)Nc1ccccc1)S(=O)(=O)c1ccc(C)cc1. The summed E-state index contributed by atoms with van der Waals surface area (Å²) in [5.74, 6) is -0.476.